The topological polar surface area (TPSA) is 21.3 Å². The summed E-state index contributed by atoms with van der Waals surface area (Å²) in [6, 6.07) is 0. The third-order valence-electron chi connectivity index (χ3n) is 2.40. The Bertz CT molecular complexity index is 106. The van der Waals surface area contributed by atoms with Gasteiger partial charge in [-0.25, -0.2) is 0 Å². The van der Waals surface area contributed by atoms with Crippen molar-refractivity contribution < 1.29 is 4.74 Å². The number of halogens is 1. The summed E-state index contributed by atoms with van der Waals surface area (Å²) in [7, 11) is 0. The molecule has 3 heteroatoms. The van der Waals surface area contributed by atoms with Crippen molar-refractivity contribution in [3.8, 4) is 0 Å². The summed E-state index contributed by atoms with van der Waals surface area (Å²) in [6.07, 6.45) is 3.92. The van der Waals surface area contributed by atoms with E-state index in [-0.39, 0.29) is 18.0 Å². The molecule has 1 saturated carbocycles. The molecule has 0 aromatic heterocycles. The number of ether oxygens (including phenoxy) is 1. The van der Waals surface area contributed by atoms with Crippen LogP contribution >= 0.6 is 12.4 Å². The maximum atomic E-state index is 5.64. The number of morpholine rings is 1. The molecule has 1 heterocycles. The lowest BCUT2D eigenvalue weighted by Crippen LogP contribution is -2.53. The van der Waals surface area contributed by atoms with Crippen molar-refractivity contribution in [3.05, 3.63) is 0 Å². The fourth-order valence-electron chi connectivity index (χ4n) is 1.60. The molecule has 2 nitrogen and oxygen atoms in total. The zero-order chi connectivity index (χ0) is 6.16. The summed E-state index contributed by atoms with van der Waals surface area (Å²) in [4.78, 5) is 0. The standard InChI is InChI=1S/C7H13NO.ClH/c1-2-7(3-1)6-8-4-5-9-7;/h8H,1-6H2;1H. The van der Waals surface area contributed by atoms with Crippen LogP contribution in [0.25, 0.3) is 0 Å². The zero-order valence-corrected chi connectivity index (χ0v) is 6.88. The average molecular weight is 164 g/mol. The normalized spacial score (nSPS) is 28.8. The smallest absolute Gasteiger partial charge is 0.0807 e. The number of nitrogens with one attached hydrogen (secondary N) is 1. The Morgan fingerprint density at radius 2 is 2.10 bits per heavy atom. The minimum Gasteiger partial charge on any atom is -0.372 e. The molecule has 1 N–H and O–H groups in total. The molecule has 0 amide bonds. The summed E-state index contributed by atoms with van der Waals surface area (Å²) in [5, 5.41) is 3.35. The maximum absolute atomic E-state index is 5.64. The minimum atomic E-state index is 0. The van der Waals surface area contributed by atoms with Gasteiger partial charge in [-0.1, -0.05) is 0 Å². The highest BCUT2D eigenvalue weighted by Gasteiger charge is 2.38. The van der Waals surface area contributed by atoms with E-state index in [1.54, 1.807) is 0 Å². The molecule has 0 aromatic carbocycles. The van der Waals surface area contributed by atoms with Crippen molar-refractivity contribution in [2.75, 3.05) is 19.7 Å². The van der Waals surface area contributed by atoms with Crippen LogP contribution in [0.5, 0.6) is 0 Å². The van der Waals surface area contributed by atoms with Gasteiger partial charge in [0, 0.05) is 13.1 Å². The molecule has 2 fully saturated rings. The van der Waals surface area contributed by atoms with Gasteiger partial charge >= 0.3 is 0 Å². The van der Waals surface area contributed by atoms with E-state index in [9.17, 15) is 0 Å². The maximum Gasteiger partial charge on any atom is 0.0807 e. The quantitative estimate of drug-likeness (QED) is 0.574. The average Bonchev–Trinajstić information content (AvgIpc) is 1.87. The lowest BCUT2D eigenvalue weighted by atomic mass is 9.79. The number of rotatable bonds is 0. The molecule has 1 aliphatic heterocycles. The second kappa shape index (κ2) is 3.07. The fraction of sp³-hybridized carbons (Fsp3) is 1.00. The molecule has 0 radical (unpaired) electrons. The van der Waals surface area contributed by atoms with Gasteiger partial charge in [0.25, 0.3) is 0 Å². The van der Waals surface area contributed by atoms with Crippen LogP contribution in [-0.4, -0.2) is 25.3 Å². The zero-order valence-electron chi connectivity index (χ0n) is 6.06. The van der Waals surface area contributed by atoms with Crippen molar-refractivity contribution in [1.29, 1.82) is 0 Å². The fourth-order valence-corrected chi connectivity index (χ4v) is 1.60. The second-order valence-electron chi connectivity index (χ2n) is 3.06. The number of hydrogen-bond acceptors (Lipinski definition) is 2. The molecule has 1 saturated heterocycles. The molecule has 2 aliphatic rings. The monoisotopic (exact) mass is 163 g/mol. The molecule has 0 aromatic rings. The van der Waals surface area contributed by atoms with E-state index in [2.05, 4.69) is 5.32 Å². The minimum absolute atomic E-state index is 0. The Hall–Kier alpha value is 0.210. The van der Waals surface area contributed by atoms with Crippen molar-refractivity contribution in [2.24, 2.45) is 0 Å². The SMILES string of the molecule is C1CC2(C1)CNCCO2.Cl. The summed E-state index contributed by atoms with van der Waals surface area (Å²) >= 11 is 0. The second-order valence-corrected chi connectivity index (χ2v) is 3.06. The lowest BCUT2D eigenvalue weighted by Gasteiger charge is -2.44. The Morgan fingerprint density at radius 3 is 2.40 bits per heavy atom. The van der Waals surface area contributed by atoms with Gasteiger partial charge in [0.15, 0.2) is 0 Å². The molecular formula is C7H14ClNO. The highest BCUT2D eigenvalue weighted by atomic mass is 35.5. The van der Waals surface area contributed by atoms with E-state index in [0.717, 1.165) is 19.7 Å². The first-order valence-electron chi connectivity index (χ1n) is 3.76. The Kier molecular flexibility index (Phi) is 2.55. The molecule has 0 unspecified atom stereocenters. The van der Waals surface area contributed by atoms with E-state index in [4.69, 9.17) is 4.74 Å². The molecule has 1 aliphatic carbocycles. The highest BCUT2D eigenvalue weighted by molar-refractivity contribution is 5.85. The molecule has 0 bridgehead atoms. The summed E-state index contributed by atoms with van der Waals surface area (Å²) in [5.74, 6) is 0. The molecule has 2 rings (SSSR count). The van der Waals surface area contributed by atoms with E-state index in [1.807, 2.05) is 0 Å². The largest absolute Gasteiger partial charge is 0.372 e. The van der Waals surface area contributed by atoms with Gasteiger partial charge in [-0.3, -0.25) is 0 Å². The van der Waals surface area contributed by atoms with Gasteiger partial charge in [-0.05, 0) is 19.3 Å². The predicted molar refractivity (Wildman–Crippen MR) is 42.7 cm³/mol. The summed E-state index contributed by atoms with van der Waals surface area (Å²) < 4.78 is 5.64. The van der Waals surface area contributed by atoms with Crippen LogP contribution in [0.2, 0.25) is 0 Å². The third-order valence-corrected chi connectivity index (χ3v) is 2.40. The van der Waals surface area contributed by atoms with E-state index in [1.165, 1.54) is 19.3 Å². The van der Waals surface area contributed by atoms with Gasteiger partial charge < -0.3 is 10.1 Å². The van der Waals surface area contributed by atoms with Crippen LogP contribution in [0.15, 0.2) is 0 Å². The Balaban J connectivity index is 0.000000500. The molecule has 0 atom stereocenters. The van der Waals surface area contributed by atoms with Crippen LogP contribution in [0.1, 0.15) is 19.3 Å². The first kappa shape index (κ1) is 8.31. The van der Waals surface area contributed by atoms with Crippen molar-refractivity contribution in [1.82, 2.24) is 5.32 Å². The van der Waals surface area contributed by atoms with E-state index in [0.29, 0.717) is 0 Å². The van der Waals surface area contributed by atoms with Crippen molar-refractivity contribution >= 4 is 12.4 Å². The van der Waals surface area contributed by atoms with Gasteiger partial charge in [0.1, 0.15) is 0 Å². The van der Waals surface area contributed by atoms with Gasteiger partial charge in [0.2, 0.25) is 0 Å². The summed E-state index contributed by atoms with van der Waals surface area (Å²) in [5.41, 5.74) is 0.290. The van der Waals surface area contributed by atoms with Crippen molar-refractivity contribution in [2.45, 2.75) is 24.9 Å². The van der Waals surface area contributed by atoms with Crippen molar-refractivity contribution in [3.63, 3.8) is 0 Å². The third kappa shape index (κ3) is 1.29. The van der Waals surface area contributed by atoms with Crippen LogP contribution in [-0.2, 0) is 4.74 Å². The molecular weight excluding hydrogens is 150 g/mol. The van der Waals surface area contributed by atoms with Gasteiger partial charge in [-0.2, -0.15) is 0 Å². The highest BCUT2D eigenvalue weighted by Crippen LogP contribution is 2.35. The Labute approximate surface area is 67.7 Å². The summed E-state index contributed by atoms with van der Waals surface area (Å²) in [6.45, 7) is 3.05. The van der Waals surface area contributed by atoms with E-state index >= 15 is 0 Å². The van der Waals surface area contributed by atoms with Crippen LogP contribution in [0, 0.1) is 0 Å². The van der Waals surface area contributed by atoms with Crippen LogP contribution < -0.4 is 5.32 Å². The lowest BCUT2D eigenvalue weighted by molar-refractivity contribution is -0.115. The van der Waals surface area contributed by atoms with Gasteiger partial charge in [0.05, 0.1) is 12.2 Å². The van der Waals surface area contributed by atoms with E-state index < -0.39 is 0 Å². The first-order chi connectivity index (χ1) is 4.41. The van der Waals surface area contributed by atoms with Crippen LogP contribution in [0.4, 0.5) is 0 Å². The molecule has 10 heavy (non-hydrogen) atoms. The molecule has 1 spiro atoms. The Morgan fingerprint density at radius 1 is 1.30 bits per heavy atom. The van der Waals surface area contributed by atoms with Gasteiger partial charge in [-0.15, -0.1) is 12.4 Å². The molecule has 60 valence electrons. The first-order valence-corrected chi connectivity index (χ1v) is 3.76. The number of hydrogen-bond donors (Lipinski definition) is 1. The predicted octanol–water partition coefficient (Wildman–Crippen LogP) is 0.951. The van der Waals surface area contributed by atoms with Crippen LogP contribution in [0.3, 0.4) is 0 Å².